The van der Waals surface area contributed by atoms with Crippen molar-refractivity contribution in [3.05, 3.63) is 53.3 Å². The predicted octanol–water partition coefficient (Wildman–Crippen LogP) is 2.74. The van der Waals surface area contributed by atoms with Crippen LogP contribution < -0.4 is 5.01 Å². The van der Waals surface area contributed by atoms with Gasteiger partial charge in [-0.25, -0.2) is 5.01 Å². The lowest BCUT2D eigenvalue weighted by Crippen LogP contribution is -2.52. The summed E-state index contributed by atoms with van der Waals surface area (Å²) in [5.74, 6) is -0.107. The highest BCUT2D eigenvalue weighted by Crippen LogP contribution is 2.22. The Morgan fingerprint density at radius 3 is 2.32 bits per heavy atom. The minimum atomic E-state index is -0.0671. The molecule has 0 aliphatic carbocycles. The van der Waals surface area contributed by atoms with E-state index in [1.807, 2.05) is 36.1 Å². The summed E-state index contributed by atoms with van der Waals surface area (Å²) in [5.41, 5.74) is 4.83. The van der Waals surface area contributed by atoms with Crippen molar-refractivity contribution in [2.24, 2.45) is 5.10 Å². The number of hydrogen-bond donors (Lipinski definition) is 0. The molecule has 2 aliphatic heterocycles. The lowest BCUT2D eigenvalue weighted by Gasteiger charge is -2.35. The molecule has 7 nitrogen and oxygen atoms in total. The van der Waals surface area contributed by atoms with E-state index in [4.69, 9.17) is 0 Å². The van der Waals surface area contributed by atoms with Gasteiger partial charge >= 0.3 is 0 Å². The third-order valence-corrected chi connectivity index (χ3v) is 6.24. The molecule has 1 aromatic heterocycles. The molecule has 1 aromatic carbocycles. The molecule has 1 fully saturated rings. The minimum absolute atomic E-state index is 0.0399. The number of anilines is 1. The van der Waals surface area contributed by atoms with Crippen molar-refractivity contribution in [3.63, 3.8) is 0 Å². The fraction of sp³-hybridized carbons (Fsp3) is 0.458. The molecule has 3 heterocycles. The number of benzene rings is 1. The molecule has 0 saturated carbocycles. The summed E-state index contributed by atoms with van der Waals surface area (Å²) in [7, 11) is 0. The molecule has 0 atom stereocenters. The van der Waals surface area contributed by atoms with Crippen molar-refractivity contribution < 1.29 is 9.59 Å². The molecule has 7 heteroatoms. The molecule has 0 radical (unpaired) electrons. The van der Waals surface area contributed by atoms with E-state index in [0.29, 0.717) is 31.6 Å². The van der Waals surface area contributed by atoms with Gasteiger partial charge in [0.1, 0.15) is 5.71 Å². The molecule has 1 saturated heterocycles. The van der Waals surface area contributed by atoms with Crippen LogP contribution >= 0.6 is 0 Å². The van der Waals surface area contributed by atoms with Crippen LogP contribution in [-0.4, -0.2) is 64.6 Å². The number of amides is 2. The third-order valence-electron chi connectivity index (χ3n) is 6.24. The Balaban J connectivity index is 1.35. The zero-order valence-electron chi connectivity index (χ0n) is 18.7. The molecule has 2 amide bonds. The molecule has 2 aliphatic rings. The molecule has 0 bridgehead atoms. The SMILES string of the molecule is Cc1cccc(N2N=C(C(=O)N3CCN(CCn4c(C)ccc4C)CC3)CCC2=O)c1. The largest absolute Gasteiger partial charge is 0.348 e. The van der Waals surface area contributed by atoms with Gasteiger partial charge in [-0.05, 0) is 50.6 Å². The highest BCUT2D eigenvalue weighted by atomic mass is 16.2. The fourth-order valence-electron chi connectivity index (χ4n) is 4.32. The van der Waals surface area contributed by atoms with Gasteiger partial charge in [0.05, 0.1) is 5.69 Å². The average molecular weight is 422 g/mol. The van der Waals surface area contributed by atoms with Crippen molar-refractivity contribution >= 4 is 23.2 Å². The molecule has 164 valence electrons. The smallest absolute Gasteiger partial charge is 0.270 e. The predicted molar refractivity (Wildman–Crippen MR) is 122 cm³/mol. The summed E-state index contributed by atoms with van der Waals surface area (Å²) in [6, 6.07) is 12.0. The van der Waals surface area contributed by atoms with E-state index in [9.17, 15) is 9.59 Å². The van der Waals surface area contributed by atoms with E-state index in [-0.39, 0.29) is 11.8 Å². The Labute approximate surface area is 183 Å². The van der Waals surface area contributed by atoms with E-state index in [1.54, 1.807) is 0 Å². The summed E-state index contributed by atoms with van der Waals surface area (Å²) in [5, 5.41) is 5.84. The third kappa shape index (κ3) is 4.71. The highest BCUT2D eigenvalue weighted by Gasteiger charge is 2.30. The standard InChI is InChI=1S/C24H31N5O2/c1-18-5-4-6-21(17-18)29-23(30)10-9-22(25-29)24(31)27-14-11-26(12-15-27)13-16-28-19(2)7-8-20(28)3/h4-8,17H,9-16H2,1-3H3. The summed E-state index contributed by atoms with van der Waals surface area (Å²) >= 11 is 0. The summed E-state index contributed by atoms with van der Waals surface area (Å²) < 4.78 is 2.34. The Bertz CT molecular complexity index is 982. The van der Waals surface area contributed by atoms with Crippen LogP contribution in [0.3, 0.4) is 0 Å². The van der Waals surface area contributed by atoms with Gasteiger partial charge in [0.2, 0.25) is 5.91 Å². The number of rotatable bonds is 5. The van der Waals surface area contributed by atoms with Crippen LogP contribution in [0.2, 0.25) is 0 Å². The number of carbonyl (C=O) groups is 2. The van der Waals surface area contributed by atoms with Gasteiger partial charge < -0.3 is 9.47 Å². The Hall–Kier alpha value is -2.93. The van der Waals surface area contributed by atoms with Gasteiger partial charge in [0.25, 0.3) is 5.91 Å². The second-order valence-electron chi connectivity index (χ2n) is 8.49. The number of aryl methyl sites for hydroxylation is 3. The van der Waals surface area contributed by atoms with Crippen molar-refractivity contribution in [2.45, 2.75) is 40.2 Å². The molecule has 4 rings (SSSR count). The Morgan fingerprint density at radius 2 is 1.65 bits per heavy atom. The van der Waals surface area contributed by atoms with E-state index in [0.717, 1.165) is 37.4 Å². The van der Waals surface area contributed by atoms with Crippen LogP contribution in [0.15, 0.2) is 41.5 Å². The number of hydrazone groups is 1. The molecule has 2 aromatic rings. The van der Waals surface area contributed by atoms with E-state index in [2.05, 4.69) is 40.5 Å². The number of piperazine rings is 1. The number of aromatic nitrogens is 1. The Morgan fingerprint density at radius 1 is 0.935 bits per heavy atom. The van der Waals surface area contributed by atoms with Crippen molar-refractivity contribution in [1.29, 1.82) is 0 Å². The average Bonchev–Trinajstić information content (AvgIpc) is 3.10. The second-order valence-corrected chi connectivity index (χ2v) is 8.49. The van der Waals surface area contributed by atoms with Crippen LogP contribution in [0.1, 0.15) is 29.8 Å². The zero-order valence-corrected chi connectivity index (χ0v) is 18.7. The normalized spacial score (nSPS) is 17.8. The molecule has 31 heavy (non-hydrogen) atoms. The zero-order chi connectivity index (χ0) is 22.0. The monoisotopic (exact) mass is 421 g/mol. The Kier molecular flexibility index (Phi) is 6.23. The molecule has 0 spiro atoms. The minimum Gasteiger partial charge on any atom is -0.348 e. The number of carbonyl (C=O) groups excluding carboxylic acids is 2. The van der Waals surface area contributed by atoms with Gasteiger partial charge in [-0.1, -0.05) is 12.1 Å². The van der Waals surface area contributed by atoms with Crippen molar-refractivity contribution in [3.8, 4) is 0 Å². The van der Waals surface area contributed by atoms with Crippen molar-refractivity contribution in [1.82, 2.24) is 14.4 Å². The first-order chi connectivity index (χ1) is 14.9. The highest BCUT2D eigenvalue weighted by molar-refractivity contribution is 6.40. The van der Waals surface area contributed by atoms with Gasteiger partial charge in [-0.15, -0.1) is 0 Å². The molecular formula is C24H31N5O2. The van der Waals surface area contributed by atoms with Crippen molar-refractivity contribution in [2.75, 3.05) is 37.7 Å². The van der Waals surface area contributed by atoms with Gasteiger partial charge in [0.15, 0.2) is 0 Å². The first-order valence-corrected chi connectivity index (χ1v) is 11.0. The topological polar surface area (TPSA) is 61.2 Å². The van der Waals surface area contributed by atoms with E-state index < -0.39 is 0 Å². The van der Waals surface area contributed by atoms with Gasteiger partial charge in [-0.3, -0.25) is 14.5 Å². The van der Waals surface area contributed by atoms with Crippen LogP contribution in [0.25, 0.3) is 0 Å². The van der Waals surface area contributed by atoms with Crippen LogP contribution in [-0.2, 0) is 16.1 Å². The lowest BCUT2D eigenvalue weighted by atomic mass is 10.1. The second kappa shape index (κ2) is 9.06. The summed E-state index contributed by atoms with van der Waals surface area (Å²) in [4.78, 5) is 29.8. The van der Waals surface area contributed by atoms with Gasteiger partial charge in [-0.2, -0.15) is 5.10 Å². The molecule has 0 N–H and O–H groups in total. The maximum atomic E-state index is 13.1. The molecule has 0 unspecified atom stereocenters. The maximum absolute atomic E-state index is 13.1. The fourth-order valence-corrected chi connectivity index (χ4v) is 4.32. The summed E-state index contributed by atoms with van der Waals surface area (Å²) in [6.07, 6.45) is 0.723. The van der Waals surface area contributed by atoms with Crippen LogP contribution in [0, 0.1) is 20.8 Å². The van der Waals surface area contributed by atoms with Crippen LogP contribution in [0.5, 0.6) is 0 Å². The summed E-state index contributed by atoms with van der Waals surface area (Å²) in [6.45, 7) is 11.3. The van der Waals surface area contributed by atoms with E-state index in [1.165, 1.54) is 16.4 Å². The quantitative estimate of drug-likeness (QED) is 0.746. The van der Waals surface area contributed by atoms with Gasteiger partial charge in [0, 0.05) is 63.5 Å². The lowest BCUT2D eigenvalue weighted by molar-refractivity contribution is -0.126. The van der Waals surface area contributed by atoms with E-state index >= 15 is 0 Å². The maximum Gasteiger partial charge on any atom is 0.270 e. The van der Waals surface area contributed by atoms with Crippen LogP contribution in [0.4, 0.5) is 5.69 Å². The first-order valence-electron chi connectivity index (χ1n) is 11.0. The first kappa shape index (κ1) is 21.3. The number of nitrogens with zero attached hydrogens (tertiary/aromatic N) is 5. The molecular weight excluding hydrogens is 390 g/mol. The number of hydrogen-bond acceptors (Lipinski definition) is 4.